The largest absolute Gasteiger partial charge is 0.317 e. The van der Waals surface area contributed by atoms with Crippen molar-refractivity contribution in [3.63, 3.8) is 0 Å². The average Bonchev–Trinajstić information content (AvgIpc) is 3.32. The third kappa shape index (κ3) is 14.2. The van der Waals surface area contributed by atoms with E-state index in [0.717, 1.165) is 125 Å². The Kier molecular flexibility index (Phi) is 18.6. The highest BCUT2D eigenvalue weighted by atomic mass is 35.5. The Hall–Kier alpha value is -3.52. The molecular weight excluding hydrogens is 929 g/mol. The summed E-state index contributed by atoms with van der Waals surface area (Å²) in [5.41, 5.74) is 3.99. The lowest BCUT2D eigenvalue weighted by molar-refractivity contribution is 0.454. The molecule has 0 atom stereocenters. The molecule has 0 bridgehead atoms. The zero-order valence-corrected chi connectivity index (χ0v) is 40.0. The molecule has 13 heteroatoms. The van der Waals surface area contributed by atoms with Gasteiger partial charge in [-0.25, -0.2) is 22.0 Å². The van der Waals surface area contributed by atoms with Crippen LogP contribution in [0.3, 0.4) is 0 Å². The number of piperidine rings is 3. The highest BCUT2D eigenvalue weighted by Gasteiger charge is 2.23. The van der Waals surface area contributed by atoms with Gasteiger partial charge in [-0.3, -0.25) is 0 Å². The molecule has 0 saturated carbocycles. The van der Waals surface area contributed by atoms with Gasteiger partial charge in [0.1, 0.15) is 29.1 Å². The van der Waals surface area contributed by atoms with Crippen LogP contribution in [0.1, 0.15) is 78.5 Å². The number of halogens is 7. The molecule has 3 aliphatic heterocycles. The van der Waals surface area contributed by atoms with Crippen molar-refractivity contribution < 1.29 is 22.0 Å². The van der Waals surface area contributed by atoms with Crippen molar-refractivity contribution in [1.82, 2.24) is 16.0 Å². The number of rotatable bonds is 9. The summed E-state index contributed by atoms with van der Waals surface area (Å²) in [6, 6.07) is 32.4. The van der Waals surface area contributed by atoms with Crippen LogP contribution in [0.2, 0.25) is 10.0 Å². The molecule has 0 radical (unpaired) electrons. The van der Waals surface area contributed by atoms with E-state index in [9.17, 15) is 22.0 Å². The second-order valence-electron chi connectivity index (χ2n) is 16.4. The summed E-state index contributed by atoms with van der Waals surface area (Å²) in [5.74, 6) is -0.109. The van der Waals surface area contributed by atoms with Crippen LogP contribution in [0.15, 0.2) is 145 Å². The molecule has 0 aromatic heterocycles. The van der Waals surface area contributed by atoms with E-state index >= 15 is 0 Å². The lowest BCUT2D eigenvalue weighted by Crippen LogP contribution is -2.26. The minimum atomic E-state index is -0.349. The SMILES string of the molecule is Cc1ccc(Sc2ccc(F)cc2C2CCNCC2)c(F)c1.Fc1ccc(Sc2ccc(Cl)cc2F)c(C2CCNCC2)c1.Fc1ccc(Sc2ccccc2Cl)c(C2CCNCC2)c1. The van der Waals surface area contributed by atoms with Gasteiger partial charge in [0.15, 0.2) is 0 Å². The Morgan fingerprint density at radius 3 is 1.18 bits per heavy atom. The molecule has 342 valence electrons. The molecule has 3 nitrogen and oxygen atoms in total. The zero-order chi connectivity index (χ0) is 45.7. The summed E-state index contributed by atoms with van der Waals surface area (Å²) in [4.78, 5) is 5.08. The number of aryl methyl sites for hydroxylation is 1. The topological polar surface area (TPSA) is 36.1 Å². The molecule has 0 aliphatic carbocycles. The molecule has 0 amide bonds. The summed E-state index contributed by atoms with van der Waals surface area (Å²) in [5, 5.41) is 11.1. The van der Waals surface area contributed by atoms with E-state index < -0.39 is 0 Å². The molecule has 3 saturated heterocycles. The monoisotopic (exact) mass is 979 g/mol. The van der Waals surface area contributed by atoms with Crippen LogP contribution < -0.4 is 16.0 Å². The fourth-order valence-electron chi connectivity index (χ4n) is 8.32. The third-order valence-electron chi connectivity index (χ3n) is 11.7. The van der Waals surface area contributed by atoms with Gasteiger partial charge in [0.2, 0.25) is 0 Å². The molecule has 3 fully saturated rings. The Bertz CT molecular complexity index is 2390. The van der Waals surface area contributed by atoms with E-state index in [2.05, 4.69) is 16.0 Å². The molecule has 0 unspecified atom stereocenters. The maximum absolute atomic E-state index is 14.1. The second-order valence-corrected chi connectivity index (χ2v) is 20.5. The normalized spacial score (nSPS) is 16.0. The Balaban J connectivity index is 0.000000145. The quantitative estimate of drug-likeness (QED) is 0.125. The third-order valence-corrected chi connectivity index (χ3v) is 15.9. The van der Waals surface area contributed by atoms with Crippen molar-refractivity contribution in [2.45, 2.75) is 92.6 Å². The molecular formula is C52H52Cl2F5N3S3. The summed E-state index contributed by atoms with van der Waals surface area (Å²) >= 11 is 16.4. The van der Waals surface area contributed by atoms with Crippen LogP contribution in [0.5, 0.6) is 0 Å². The number of hydrogen-bond acceptors (Lipinski definition) is 6. The van der Waals surface area contributed by atoms with Gasteiger partial charge in [0.05, 0.1) is 5.02 Å². The summed E-state index contributed by atoms with van der Waals surface area (Å²) in [6.07, 6.45) is 6.04. The fourth-order valence-corrected chi connectivity index (χ4v) is 11.8. The van der Waals surface area contributed by atoms with Gasteiger partial charge in [-0.15, -0.1) is 0 Å². The Morgan fingerprint density at radius 1 is 0.415 bits per heavy atom. The molecule has 3 aliphatic rings. The average molecular weight is 981 g/mol. The van der Waals surface area contributed by atoms with E-state index in [4.69, 9.17) is 23.2 Å². The highest BCUT2D eigenvalue weighted by Crippen LogP contribution is 2.42. The van der Waals surface area contributed by atoms with E-state index in [1.54, 1.807) is 60.3 Å². The van der Waals surface area contributed by atoms with Gasteiger partial charge in [-0.2, -0.15) is 0 Å². The van der Waals surface area contributed by atoms with Gasteiger partial charge >= 0.3 is 0 Å². The zero-order valence-electron chi connectivity index (χ0n) is 36.1. The van der Waals surface area contributed by atoms with Crippen LogP contribution >= 0.6 is 58.5 Å². The molecule has 9 rings (SSSR count). The highest BCUT2D eigenvalue weighted by molar-refractivity contribution is 8.00. The van der Waals surface area contributed by atoms with Crippen molar-refractivity contribution in [2.24, 2.45) is 0 Å². The first-order valence-corrected chi connectivity index (χ1v) is 25.2. The first kappa shape index (κ1) is 49.4. The second kappa shape index (κ2) is 24.5. The number of hydrogen-bond donors (Lipinski definition) is 3. The maximum Gasteiger partial charge on any atom is 0.138 e. The number of benzene rings is 6. The standard InChI is InChI=1S/C18H19F2NS.C17H16ClF2NS.C17H17ClFNS/c1-12-2-4-18(16(20)10-12)22-17-5-3-14(19)11-15(17)13-6-8-21-9-7-13;18-12-1-3-17(15(20)9-12)22-16-4-2-13(19)10-14(16)11-5-7-21-8-6-11;18-15-3-1-2-4-17(15)21-16-6-5-13(19)11-14(16)12-7-9-20-10-8-12/h2-5,10-11,13,21H,6-9H2,1H3;1-4,9-11,21H,5-8H2;1-6,11-12,20H,7-10H2. The van der Waals surface area contributed by atoms with Crippen LogP contribution in [0.25, 0.3) is 0 Å². The first-order chi connectivity index (χ1) is 31.5. The molecule has 6 aromatic carbocycles. The van der Waals surface area contributed by atoms with Crippen molar-refractivity contribution >= 4 is 58.5 Å². The van der Waals surface area contributed by atoms with Crippen molar-refractivity contribution in [3.8, 4) is 0 Å². The summed E-state index contributed by atoms with van der Waals surface area (Å²) in [7, 11) is 0. The fraction of sp³-hybridized carbons (Fsp3) is 0.308. The molecule has 6 aromatic rings. The predicted molar refractivity (Wildman–Crippen MR) is 260 cm³/mol. The van der Waals surface area contributed by atoms with Crippen molar-refractivity contribution in [3.05, 3.63) is 177 Å². The molecule has 65 heavy (non-hydrogen) atoms. The lowest BCUT2D eigenvalue weighted by atomic mass is 9.90. The Labute approximate surface area is 402 Å². The van der Waals surface area contributed by atoms with E-state index in [-0.39, 0.29) is 29.1 Å². The predicted octanol–water partition coefficient (Wildman–Crippen LogP) is 15.2. The van der Waals surface area contributed by atoms with Crippen molar-refractivity contribution in [2.75, 3.05) is 39.3 Å². The minimum absolute atomic E-state index is 0.160. The van der Waals surface area contributed by atoms with Crippen LogP contribution in [-0.4, -0.2) is 39.3 Å². The molecule has 0 spiro atoms. The Morgan fingerprint density at radius 2 is 0.785 bits per heavy atom. The smallest absolute Gasteiger partial charge is 0.138 e. The maximum atomic E-state index is 14.1. The van der Waals surface area contributed by atoms with E-state index in [1.165, 1.54) is 53.9 Å². The summed E-state index contributed by atoms with van der Waals surface area (Å²) in [6.45, 7) is 7.63. The molecule has 3 N–H and O–H groups in total. The van der Waals surface area contributed by atoms with Gasteiger partial charge < -0.3 is 16.0 Å². The van der Waals surface area contributed by atoms with Gasteiger partial charge in [0.25, 0.3) is 0 Å². The van der Waals surface area contributed by atoms with E-state index in [1.807, 2.05) is 43.3 Å². The van der Waals surface area contributed by atoms with Gasteiger partial charge in [-0.1, -0.05) is 76.7 Å². The van der Waals surface area contributed by atoms with Crippen LogP contribution in [-0.2, 0) is 0 Å². The van der Waals surface area contributed by atoms with Gasteiger partial charge in [0, 0.05) is 34.4 Å². The minimum Gasteiger partial charge on any atom is -0.317 e. The van der Waals surface area contributed by atoms with Crippen LogP contribution in [0.4, 0.5) is 22.0 Å². The van der Waals surface area contributed by atoms with Crippen molar-refractivity contribution in [1.29, 1.82) is 0 Å². The van der Waals surface area contributed by atoms with Crippen LogP contribution in [0, 0.1) is 36.0 Å². The van der Waals surface area contributed by atoms with E-state index in [0.29, 0.717) is 32.6 Å². The number of nitrogens with one attached hydrogen (secondary N) is 3. The van der Waals surface area contributed by atoms with Gasteiger partial charge in [-0.05, 0) is 222 Å². The lowest BCUT2D eigenvalue weighted by Gasteiger charge is -2.25. The first-order valence-electron chi connectivity index (χ1n) is 22.0. The molecule has 3 heterocycles. The summed E-state index contributed by atoms with van der Waals surface area (Å²) < 4.78 is 69.1.